The summed E-state index contributed by atoms with van der Waals surface area (Å²) in [4.78, 5) is 29.3. The first-order valence-electron chi connectivity index (χ1n) is 9.18. The Morgan fingerprint density at radius 2 is 1.77 bits per heavy atom. The van der Waals surface area contributed by atoms with Gasteiger partial charge in [0.15, 0.2) is 0 Å². The van der Waals surface area contributed by atoms with E-state index in [1.54, 1.807) is 60.8 Å². The van der Waals surface area contributed by atoms with Crippen molar-refractivity contribution in [2.75, 3.05) is 10.6 Å². The van der Waals surface area contributed by atoms with E-state index in [0.29, 0.717) is 22.6 Å². The van der Waals surface area contributed by atoms with Crippen LogP contribution in [0.5, 0.6) is 0 Å². The van der Waals surface area contributed by atoms with Crippen molar-refractivity contribution < 1.29 is 9.59 Å². The van der Waals surface area contributed by atoms with Gasteiger partial charge in [0, 0.05) is 27.5 Å². The van der Waals surface area contributed by atoms with Gasteiger partial charge in [-0.15, -0.1) is 5.10 Å². The number of tetrazole rings is 1. The Bertz CT molecular complexity index is 1240. The molecule has 0 unspecified atom stereocenters. The Balaban J connectivity index is 1.47. The number of anilines is 2. The van der Waals surface area contributed by atoms with Gasteiger partial charge >= 0.3 is 0 Å². The summed E-state index contributed by atoms with van der Waals surface area (Å²) in [5.74, 6) is -0.188. The zero-order valence-electron chi connectivity index (χ0n) is 16.3. The third-order valence-corrected chi connectivity index (χ3v) is 4.88. The molecule has 0 radical (unpaired) electrons. The summed E-state index contributed by atoms with van der Waals surface area (Å²) >= 11 is 3.30. The van der Waals surface area contributed by atoms with Gasteiger partial charge in [0.1, 0.15) is 12.1 Å². The highest BCUT2D eigenvalue weighted by Crippen LogP contribution is 2.18. The highest BCUT2D eigenvalue weighted by molar-refractivity contribution is 9.10. The van der Waals surface area contributed by atoms with Crippen LogP contribution >= 0.6 is 15.9 Å². The lowest BCUT2D eigenvalue weighted by Crippen LogP contribution is -2.15. The zero-order valence-corrected chi connectivity index (χ0v) is 17.9. The van der Waals surface area contributed by atoms with Crippen LogP contribution in [0.2, 0.25) is 0 Å². The lowest BCUT2D eigenvalue weighted by Gasteiger charge is -2.10. The lowest BCUT2D eigenvalue weighted by atomic mass is 10.1. The Kier molecular flexibility index (Phi) is 5.80. The fourth-order valence-corrected chi connectivity index (χ4v) is 3.14. The third-order valence-electron chi connectivity index (χ3n) is 4.41. The van der Waals surface area contributed by atoms with Gasteiger partial charge in [-0.05, 0) is 87.4 Å². The number of aryl methyl sites for hydroxylation is 1. The molecule has 0 saturated heterocycles. The molecule has 0 bridgehead atoms. The maximum atomic E-state index is 12.7. The van der Waals surface area contributed by atoms with E-state index in [-0.39, 0.29) is 11.8 Å². The minimum absolute atomic E-state index is 0.293. The van der Waals surface area contributed by atoms with Gasteiger partial charge in [0.25, 0.3) is 11.8 Å². The molecule has 0 aliphatic heterocycles. The van der Waals surface area contributed by atoms with Crippen LogP contribution in [-0.2, 0) is 0 Å². The molecule has 0 saturated carbocycles. The number of hydrogen-bond donors (Lipinski definition) is 2. The molecule has 2 N–H and O–H groups in total. The van der Waals surface area contributed by atoms with Gasteiger partial charge < -0.3 is 10.6 Å². The van der Waals surface area contributed by atoms with E-state index in [1.165, 1.54) is 11.0 Å². The molecular formula is C21H16BrN7O2. The van der Waals surface area contributed by atoms with Gasteiger partial charge in [0.05, 0.1) is 5.69 Å². The first-order chi connectivity index (χ1) is 15.0. The standard InChI is InChI=1S/C21H16BrN7O2/c1-13-9-15(5-7-18(13)29-12-24-27-28-29)20(30)25-17-4-2-3-14(10-17)21(31)26-19-8-6-16(22)11-23-19/h2-12H,1H3,(H,25,30)(H,23,26,31). The summed E-state index contributed by atoms with van der Waals surface area (Å²) in [6.45, 7) is 1.87. The van der Waals surface area contributed by atoms with E-state index in [4.69, 9.17) is 0 Å². The first kappa shape index (κ1) is 20.4. The molecule has 31 heavy (non-hydrogen) atoms. The summed E-state index contributed by atoms with van der Waals surface area (Å²) in [6.07, 6.45) is 3.08. The molecule has 10 heteroatoms. The number of nitrogens with one attached hydrogen (secondary N) is 2. The van der Waals surface area contributed by atoms with Gasteiger partial charge in [-0.3, -0.25) is 9.59 Å². The summed E-state index contributed by atoms with van der Waals surface area (Å²) in [5.41, 5.74) is 3.00. The quantitative estimate of drug-likeness (QED) is 0.453. The highest BCUT2D eigenvalue weighted by Gasteiger charge is 2.12. The second kappa shape index (κ2) is 8.84. The second-order valence-corrected chi connectivity index (χ2v) is 7.52. The second-order valence-electron chi connectivity index (χ2n) is 6.61. The number of carbonyl (C=O) groups is 2. The summed E-state index contributed by atoms with van der Waals surface area (Å²) < 4.78 is 2.34. The smallest absolute Gasteiger partial charge is 0.256 e. The third kappa shape index (κ3) is 4.81. The van der Waals surface area contributed by atoms with Crippen molar-refractivity contribution in [3.63, 3.8) is 0 Å². The van der Waals surface area contributed by atoms with Gasteiger partial charge in [-0.2, -0.15) is 0 Å². The predicted octanol–water partition coefficient (Wildman–Crippen LogP) is 3.63. The number of hydrogen-bond acceptors (Lipinski definition) is 6. The topological polar surface area (TPSA) is 115 Å². The fourth-order valence-electron chi connectivity index (χ4n) is 2.91. The predicted molar refractivity (Wildman–Crippen MR) is 118 cm³/mol. The van der Waals surface area contributed by atoms with Crippen LogP contribution in [-0.4, -0.2) is 37.0 Å². The highest BCUT2D eigenvalue weighted by atomic mass is 79.9. The number of amides is 2. The summed E-state index contributed by atoms with van der Waals surface area (Å²) in [7, 11) is 0. The van der Waals surface area contributed by atoms with E-state index < -0.39 is 0 Å². The molecule has 2 aromatic carbocycles. The number of nitrogens with zero attached hydrogens (tertiary/aromatic N) is 5. The molecule has 2 aromatic heterocycles. The molecule has 0 aliphatic rings. The van der Waals surface area contributed by atoms with Gasteiger partial charge in [0.2, 0.25) is 0 Å². The van der Waals surface area contributed by atoms with Crippen LogP contribution in [0.4, 0.5) is 11.5 Å². The van der Waals surface area contributed by atoms with Crippen molar-refractivity contribution >= 4 is 39.2 Å². The summed E-state index contributed by atoms with van der Waals surface area (Å²) in [6, 6.07) is 15.4. The average molecular weight is 478 g/mol. The van der Waals surface area contributed by atoms with Crippen molar-refractivity contribution in [2.24, 2.45) is 0 Å². The van der Waals surface area contributed by atoms with Gasteiger partial charge in [-0.25, -0.2) is 9.67 Å². The van der Waals surface area contributed by atoms with Crippen molar-refractivity contribution in [3.8, 4) is 5.69 Å². The Morgan fingerprint density at radius 1 is 0.968 bits per heavy atom. The fraction of sp³-hybridized carbons (Fsp3) is 0.0476. The van der Waals surface area contributed by atoms with Crippen LogP contribution in [0.3, 0.4) is 0 Å². The maximum absolute atomic E-state index is 12.7. The molecule has 4 rings (SSSR count). The van der Waals surface area contributed by atoms with Crippen LogP contribution in [0.1, 0.15) is 26.3 Å². The molecule has 9 nitrogen and oxygen atoms in total. The minimum atomic E-state index is -0.326. The van der Waals surface area contributed by atoms with Gasteiger partial charge in [-0.1, -0.05) is 6.07 Å². The Hall–Kier alpha value is -3.92. The van der Waals surface area contributed by atoms with Crippen molar-refractivity contribution in [1.29, 1.82) is 0 Å². The molecule has 2 amide bonds. The average Bonchev–Trinajstić information content (AvgIpc) is 3.30. The van der Waals surface area contributed by atoms with Crippen LogP contribution in [0, 0.1) is 6.92 Å². The Labute approximate surface area is 185 Å². The normalized spacial score (nSPS) is 10.5. The van der Waals surface area contributed by atoms with E-state index in [1.807, 2.05) is 6.92 Å². The molecule has 154 valence electrons. The molecule has 0 fully saturated rings. The number of carbonyl (C=O) groups excluding carboxylic acids is 2. The largest absolute Gasteiger partial charge is 0.322 e. The van der Waals surface area contributed by atoms with E-state index in [9.17, 15) is 9.59 Å². The van der Waals surface area contributed by atoms with Crippen LogP contribution < -0.4 is 10.6 Å². The first-order valence-corrected chi connectivity index (χ1v) is 9.97. The van der Waals surface area contributed by atoms with E-state index in [2.05, 4.69) is 47.1 Å². The van der Waals surface area contributed by atoms with Crippen molar-refractivity contribution in [1.82, 2.24) is 25.2 Å². The molecule has 2 heterocycles. The lowest BCUT2D eigenvalue weighted by molar-refractivity contribution is 0.101. The molecule has 0 atom stereocenters. The number of rotatable bonds is 5. The zero-order chi connectivity index (χ0) is 21.8. The maximum Gasteiger partial charge on any atom is 0.256 e. The molecule has 4 aromatic rings. The number of aromatic nitrogens is 5. The summed E-state index contributed by atoms with van der Waals surface area (Å²) in [5, 5.41) is 16.6. The molecule has 0 spiro atoms. The van der Waals surface area contributed by atoms with Crippen molar-refractivity contribution in [3.05, 3.63) is 88.3 Å². The van der Waals surface area contributed by atoms with E-state index >= 15 is 0 Å². The number of pyridine rings is 1. The van der Waals surface area contributed by atoms with Crippen LogP contribution in [0.25, 0.3) is 5.69 Å². The molecular weight excluding hydrogens is 462 g/mol. The van der Waals surface area contributed by atoms with Crippen molar-refractivity contribution in [2.45, 2.75) is 6.92 Å². The monoisotopic (exact) mass is 477 g/mol. The molecule has 0 aliphatic carbocycles. The number of halogens is 1. The van der Waals surface area contributed by atoms with Crippen LogP contribution in [0.15, 0.2) is 71.6 Å². The SMILES string of the molecule is Cc1cc(C(=O)Nc2cccc(C(=O)Nc3ccc(Br)cn3)c2)ccc1-n1cnnn1. The number of benzene rings is 2. The Morgan fingerprint density at radius 3 is 2.48 bits per heavy atom. The minimum Gasteiger partial charge on any atom is -0.322 e. The van der Waals surface area contributed by atoms with E-state index in [0.717, 1.165) is 15.7 Å².